The summed E-state index contributed by atoms with van der Waals surface area (Å²) in [5, 5.41) is 0. The maximum absolute atomic E-state index is 9.77. The zero-order valence-corrected chi connectivity index (χ0v) is 5.50. The molecule has 0 N–H and O–H groups in total. The highest BCUT2D eigenvalue weighted by Gasteiger charge is 1.95. The van der Waals surface area contributed by atoms with E-state index in [9.17, 15) is 4.79 Å². The molecule has 50 valence electrons. The van der Waals surface area contributed by atoms with Gasteiger partial charge in [-0.05, 0) is 12.5 Å². The SMILES string of the molecule is C=C1C=CC(N=C=O)=CC1. The molecule has 1 rings (SSSR count). The highest BCUT2D eigenvalue weighted by Crippen LogP contribution is 2.13. The smallest absolute Gasteiger partial charge is 0.211 e. The van der Waals surface area contributed by atoms with Crippen LogP contribution in [-0.4, -0.2) is 6.08 Å². The Hall–Kier alpha value is -1.40. The number of nitrogens with zero attached hydrogens (tertiary/aromatic N) is 1. The van der Waals surface area contributed by atoms with E-state index in [1.807, 2.05) is 12.2 Å². The Bertz CT molecular complexity index is 254. The molecule has 1 aliphatic rings. The van der Waals surface area contributed by atoms with Gasteiger partial charge in [-0.25, -0.2) is 4.79 Å². The summed E-state index contributed by atoms with van der Waals surface area (Å²) in [5.41, 5.74) is 1.70. The summed E-state index contributed by atoms with van der Waals surface area (Å²) in [6.07, 6.45) is 7.68. The lowest BCUT2D eigenvalue weighted by atomic mass is 10.1. The predicted molar refractivity (Wildman–Crippen MR) is 39.1 cm³/mol. The highest BCUT2D eigenvalue weighted by atomic mass is 16.1. The lowest BCUT2D eigenvalue weighted by Gasteiger charge is -2.00. The monoisotopic (exact) mass is 133 g/mol. The molecule has 0 aromatic heterocycles. The van der Waals surface area contributed by atoms with Gasteiger partial charge in [0.25, 0.3) is 0 Å². The van der Waals surface area contributed by atoms with Crippen molar-refractivity contribution in [2.75, 3.05) is 0 Å². The van der Waals surface area contributed by atoms with Crippen molar-refractivity contribution in [3.63, 3.8) is 0 Å². The van der Waals surface area contributed by atoms with Gasteiger partial charge in [0.2, 0.25) is 6.08 Å². The zero-order chi connectivity index (χ0) is 7.40. The summed E-state index contributed by atoms with van der Waals surface area (Å²) in [5.74, 6) is 0. The number of hydrogen-bond donors (Lipinski definition) is 0. The van der Waals surface area contributed by atoms with E-state index in [4.69, 9.17) is 0 Å². The summed E-state index contributed by atoms with van der Waals surface area (Å²) in [6, 6.07) is 0. The van der Waals surface area contributed by atoms with E-state index in [-0.39, 0.29) is 0 Å². The van der Waals surface area contributed by atoms with Crippen LogP contribution in [0.1, 0.15) is 6.42 Å². The average Bonchev–Trinajstić information content (AvgIpc) is 1.95. The van der Waals surface area contributed by atoms with Crippen LogP contribution in [0.15, 0.2) is 41.1 Å². The van der Waals surface area contributed by atoms with Crippen LogP contribution in [0.3, 0.4) is 0 Å². The van der Waals surface area contributed by atoms with Crippen LogP contribution < -0.4 is 0 Å². The van der Waals surface area contributed by atoms with Gasteiger partial charge in [-0.3, -0.25) is 0 Å². The van der Waals surface area contributed by atoms with Crippen LogP contribution in [0.2, 0.25) is 0 Å². The van der Waals surface area contributed by atoms with Crippen LogP contribution in [0.5, 0.6) is 0 Å². The lowest BCUT2D eigenvalue weighted by Crippen LogP contribution is -1.82. The van der Waals surface area contributed by atoms with Gasteiger partial charge < -0.3 is 0 Å². The molecule has 0 aromatic carbocycles. The van der Waals surface area contributed by atoms with Gasteiger partial charge in [0.15, 0.2) is 0 Å². The first-order valence-corrected chi connectivity index (χ1v) is 2.97. The van der Waals surface area contributed by atoms with Crippen LogP contribution in [-0.2, 0) is 4.79 Å². The Morgan fingerprint density at radius 1 is 1.60 bits per heavy atom. The van der Waals surface area contributed by atoms with Crippen molar-refractivity contribution in [3.05, 3.63) is 36.1 Å². The van der Waals surface area contributed by atoms with Gasteiger partial charge in [-0.1, -0.05) is 24.3 Å². The maximum Gasteiger partial charge on any atom is 0.240 e. The van der Waals surface area contributed by atoms with Gasteiger partial charge >= 0.3 is 0 Å². The Balaban J connectivity index is 2.76. The van der Waals surface area contributed by atoms with E-state index in [1.165, 1.54) is 6.08 Å². The average molecular weight is 133 g/mol. The minimum absolute atomic E-state index is 0.669. The molecule has 0 spiro atoms. The summed E-state index contributed by atoms with van der Waals surface area (Å²) in [7, 11) is 0. The molecule has 0 saturated carbocycles. The van der Waals surface area contributed by atoms with E-state index in [2.05, 4.69) is 11.6 Å². The molecule has 0 aromatic rings. The van der Waals surface area contributed by atoms with Crippen LogP contribution >= 0.6 is 0 Å². The molecule has 2 heteroatoms. The fourth-order valence-corrected chi connectivity index (χ4v) is 0.711. The lowest BCUT2D eigenvalue weighted by molar-refractivity contribution is 0.565. The second-order valence-electron chi connectivity index (χ2n) is 2.03. The van der Waals surface area contributed by atoms with Gasteiger partial charge in [-0.15, -0.1) is 0 Å². The summed E-state index contributed by atoms with van der Waals surface area (Å²) >= 11 is 0. The summed E-state index contributed by atoms with van der Waals surface area (Å²) in [4.78, 5) is 13.2. The van der Waals surface area contributed by atoms with E-state index < -0.39 is 0 Å². The molecule has 1 aliphatic carbocycles. The van der Waals surface area contributed by atoms with Crippen LogP contribution in [0, 0.1) is 0 Å². The molecule has 0 saturated heterocycles. The third-order valence-electron chi connectivity index (χ3n) is 1.24. The molecule has 0 bridgehead atoms. The second kappa shape index (κ2) is 2.95. The molecule has 0 heterocycles. The minimum Gasteiger partial charge on any atom is -0.211 e. The Morgan fingerprint density at radius 3 is 2.90 bits per heavy atom. The molecule has 0 atom stereocenters. The Labute approximate surface area is 59.3 Å². The first-order chi connectivity index (χ1) is 4.83. The molecule has 10 heavy (non-hydrogen) atoms. The van der Waals surface area contributed by atoms with Gasteiger partial charge in [0.05, 0.1) is 5.70 Å². The molecule has 0 fully saturated rings. The van der Waals surface area contributed by atoms with E-state index in [0.29, 0.717) is 5.70 Å². The second-order valence-corrected chi connectivity index (χ2v) is 2.03. The fraction of sp³-hybridized carbons (Fsp3) is 0.125. The minimum atomic E-state index is 0.669. The molecule has 0 aliphatic heterocycles. The standard InChI is InChI=1S/C8H7NO/c1-7-2-4-8(5-3-7)9-6-10/h2,4-5H,1,3H2. The number of carbonyl (C=O) groups excluding carboxylic acids is 1. The van der Waals surface area contributed by atoms with Gasteiger partial charge in [0.1, 0.15) is 0 Å². The highest BCUT2D eigenvalue weighted by molar-refractivity contribution is 5.42. The largest absolute Gasteiger partial charge is 0.240 e. The summed E-state index contributed by atoms with van der Waals surface area (Å²) < 4.78 is 0. The molecule has 0 radical (unpaired) electrons. The van der Waals surface area contributed by atoms with Gasteiger partial charge in [0, 0.05) is 0 Å². The number of aliphatic imine (C=N–C) groups is 1. The fourth-order valence-electron chi connectivity index (χ4n) is 0.711. The van der Waals surface area contributed by atoms with E-state index >= 15 is 0 Å². The third kappa shape index (κ3) is 1.54. The number of hydrogen-bond acceptors (Lipinski definition) is 2. The van der Waals surface area contributed by atoms with E-state index in [0.717, 1.165) is 12.0 Å². The van der Waals surface area contributed by atoms with E-state index in [1.54, 1.807) is 6.08 Å². The van der Waals surface area contributed by atoms with Crippen molar-refractivity contribution < 1.29 is 4.79 Å². The van der Waals surface area contributed by atoms with Crippen molar-refractivity contribution in [1.29, 1.82) is 0 Å². The van der Waals surface area contributed by atoms with Crippen molar-refractivity contribution in [1.82, 2.24) is 0 Å². The first-order valence-electron chi connectivity index (χ1n) is 2.97. The van der Waals surface area contributed by atoms with Crippen LogP contribution in [0.25, 0.3) is 0 Å². The van der Waals surface area contributed by atoms with Gasteiger partial charge in [-0.2, -0.15) is 4.99 Å². The first kappa shape index (κ1) is 6.72. The van der Waals surface area contributed by atoms with Crippen LogP contribution in [0.4, 0.5) is 0 Å². The Morgan fingerprint density at radius 2 is 2.40 bits per heavy atom. The van der Waals surface area contributed by atoms with Crippen molar-refractivity contribution in [3.8, 4) is 0 Å². The summed E-state index contributed by atoms with van der Waals surface area (Å²) in [6.45, 7) is 3.74. The maximum atomic E-state index is 9.77. The zero-order valence-electron chi connectivity index (χ0n) is 5.50. The predicted octanol–water partition coefficient (Wildman–Crippen LogP) is 1.72. The van der Waals surface area contributed by atoms with Crippen molar-refractivity contribution in [2.24, 2.45) is 4.99 Å². The molecule has 0 amide bonds. The van der Waals surface area contributed by atoms with Crippen molar-refractivity contribution in [2.45, 2.75) is 6.42 Å². The number of isocyanates is 1. The number of allylic oxidation sites excluding steroid dienone is 4. The molecule has 2 nitrogen and oxygen atoms in total. The number of rotatable bonds is 1. The van der Waals surface area contributed by atoms with Crippen molar-refractivity contribution >= 4 is 6.08 Å². The normalized spacial score (nSPS) is 16.0. The quantitative estimate of drug-likeness (QED) is 0.395. The molecular weight excluding hydrogens is 126 g/mol. The third-order valence-corrected chi connectivity index (χ3v) is 1.24. The molecule has 0 unspecified atom stereocenters. The molecular formula is C8H7NO. The Kier molecular flexibility index (Phi) is 1.98. The topological polar surface area (TPSA) is 29.4 Å².